The molecule has 1 heterocycles. The third kappa shape index (κ3) is 5.76. The first-order chi connectivity index (χ1) is 14.6. The maximum atomic E-state index is 12.1. The van der Waals surface area contributed by atoms with E-state index in [2.05, 4.69) is 5.32 Å². The van der Waals surface area contributed by atoms with Gasteiger partial charge in [-0.25, -0.2) is 4.79 Å². The van der Waals surface area contributed by atoms with Crippen molar-refractivity contribution in [3.8, 4) is 17.2 Å². The average Bonchev–Trinajstić information content (AvgIpc) is 2.77. The van der Waals surface area contributed by atoms with E-state index in [4.69, 9.17) is 18.9 Å². The van der Waals surface area contributed by atoms with Crippen LogP contribution >= 0.6 is 0 Å². The average molecular weight is 411 g/mol. The summed E-state index contributed by atoms with van der Waals surface area (Å²) >= 11 is 0. The van der Waals surface area contributed by atoms with E-state index in [0.29, 0.717) is 37.1 Å². The van der Waals surface area contributed by atoms with E-state index < -0.39 is 11.9 Å². The summed E-state index contributed by atoms with van der Waals surface area (Å²) in [6.45, 7) is 4.91. The Morgan fingerprint density at radius 3 is 2.70 bits per heavy atom. The molecule has 0 saturated heterocycles. The molecule has 7 heteroatoms. The first-order valence-corrected chi connectivity index (χ1v) is 9.82. The number of hydrogen-bond acceptors (Lipinski definition) is 6. The minimum Gasteiger partial charge on any atom is -0.493 e. The molecule has 0 bridgehead atoms. The normalized spacial score (nSPS) is 13.5. The molecular weight excluding hydrogens is 386 g/mol. The fourth-order valence-electron chi connectivity index (χ4n) is 2.94. The van der Waals surface area contributed by atoms with Crippen LogP contribution in [0.25, 0.3) is 6.08 Å². The van der Waals surface area contributed by atoms with Crippen molar-refractivity contribution < 1.29 is 28.5 Å². The summed E-state index contributed by atoms with van der Waals surface area (Å²) in [6.07, 6.45) is 2.87. The summed E-state index contributed by atoms with van der Waals surface area (Å²) in [5, 5.41) is 2.80. The van der Waals surface area contributed by atoms with Gasteiger partial charge < -0.3 is 24.3 Å². The van der Waals surface area contributed by atoms with Crippen molar-refractivity contribution in [2.75, 3.05) is 26.4 Å². The Labute approximate surface area is 175 Å². The third-order valence-corrected chi connectivity index (χ3v) is 4.41. The van der Waals surface area contributed by atoms with Crippen LogP contribution in [0, 0.1) is 0 Å². The van der Waals surface area contributed by atoms with Crippen molar-refractivity contribution in [1.29, 1.82) is 0 Å². The number of esters is 1. The van der Waals surface area contributed by atoms with Gasteiger partial charge in [0.15, 0.2) is 18.1 Å². The molecule has 0 aromatic heterocycles. The number of rotatable bonds is 8. The van der Waals surface area contributed by atoms with Gasteiger partial charge in [0.1, 0.15) is 19.0 Å². The van der Waals surface area contributed by atoms with E-state index in [0.717, 1.165) is 11.1 Å². The summed E-state index contributed by atoms with van der Waals surface area (Å²) < 4.78 is 21.6. The van der Waals surface area contributed by atoms with Gasteiger partial charge in [-0.05, 0) is 43.7 Å². The van der Waals surface area contributed by atoms with Crippen LogP contribution in [0.1, 0.15) is 31.0 Å². The zero-order chi connectivity index (χ0) is 21.3. The van der Waals surface area contributed by atoms with Gasteiger partial charge in [-0.3, -0.25) is 4.79 Å². The van der Waals surface area contributed by atoms with Gasteiger partial charge in [0, 0.05) is 11.6 Å². The molecule has 1 aliphatic heterocycles. The Morgan fingerprint density at radius 1 is 1.13 bits per heavy atom. The van der Waals surface area contributed by atoms with Crippen LogP contribution in [0.3, 0.4) is 0 Å². The lowest BCUT2D eigenvalue weighted by atomic mass is 10.1. The zero-order valence-corrected chi connectivity index (χ0v) is 17.1. The molecule has 1 aliphatic rings. The van der Waals surface area contributed by atoms with Gasteiger partial charge in [0.05, 0.1) is 12.6 Å². The smallest absolute Gasteiger partial charge is 0.331 e. The second kappa shape index (κ2) is 10.3. The fraction of sp³-hybridized carbons (Fsp3) is 0.304. The van der Waals surface area contributed by atoms with Crippen LogP contribution < -0.4 is 19.5 Å². The number of para-hydroxylation sites is 1. The highest BCUT2D eigenvalue weighted by atomic mass is 16.6. The predicted molar refractivity (Wildman–Crippen MR) is 112 cm³/mol. The van der Waals surface area contributed by atoms with Gasteiger partial charge in [0.2, 0.25) is 0 Å². The number of carbonyl (C=O) groups excluding carboxylic acids is 2. The maximum absolute atomic E-state index is 12.1. The third-order valence-electron chi connectivity index (χ3n) is 4.41. The fourth-order valence-corrected chi connectivity index (χ4v) is 2.94. The molecule has 2 aromatic rings. The van der Waals surface area contributed by atoms with Crippen molar-refractivity contribution >= 4 is 18.0 Å². The van der Waals surface area contributed by atoms with Crippen LogP contribution in [0.5, 0.6) is 17.2 Å². The van der Waals surface area contributed by atoms with E-state index in [1.165, 1.54) is 6.08 Å². The van der Waals surface area contributed by atoms with Gasteiger partial charge in [-0.1, -0.05) is 24.3 Å². The van der Waals surface area contributed by atoms with Gasteiger partial charge in [-0.15, -0.1) is 0 Å². The largest absolute Gasteiger partial charge is 0.493 e. The molecule has 7 nitrogen and oxygen atoms in total. The zero-order valence-electron chi connectivity index (χ0n) is 17.1. The Morgan fingerprint density at radius 2 is 1.90 bits per heavy atom. The lowest BCUT2D eigenvalue weighted by Gasteiger charge is -2.21. The van der Waals surface area contributed by atoms with Crippen molar-refractivity contribution in [1.82, 2.24) is 5.32 Å². The molecule has 2 aromatic carbocycles. The quantitative estimate of drug-likeness (QED) is 0.530. The number of carbonyl (C=O) groups is 2. The summed E-state index contributed by atoms with van der Waals surface area (Å²) in [7, 11) is 0. The first kappa shape index (κ1) is 21.2. The van der Waals surface area contributed by atoms with Crippen molar-refractivity contribution in [2.45, 2.75) is 19.9 Å². The number of benzene rings is 2. The minimum absolute atomic E-state index is 0.277. The lowest BCUT2D eigenvalue weighted by Crippen LogP contribution is -2.31. The van der Waals surface area contributed by atoms with Crippen molar-refractivity contribution in [3.05, 3.63) is 59.7 Å². The molecule has 1 amide bonds. The molecule has 0 radical (unpaired) electrons. The van der Waals surface area contributed by atoms with Crippen LogP contribution in [-0.4, -0.2) is 38.3 Å². The van der Waals surface area contributed by atoms with Crippen molar-refractivity contribution in [2.24, 2.45) is 0 Å². The highest BCUT2D eigenvalue weighted by molar-refractivity contribution is 5.89. The molecule has 1 atom stereocenters. The van der Waals surface area contributed by atoms with Crippen LogP contribution in [-0.2, 0) is 14.3 Å². The number of fused-ring (bicyclic) bond motifs is 1. The van der Waals surface area contributed by atoms with Gasteiger partial charge >= 0.3 is 5.97 Å². The van der Waals surface area contributed by atoms with E-state index in [9.17, 15) is 9.59 Å². The SMILES string of the molecule is CCOc1ccccc1/C=C/C(=O)OCC(=O)N[C@@H](C)c1ccc2c(c1)OCCO2. The molecule has 0 spiro atoms. The van der Waals surface area contributed by atoms with Gasteiger partial charge in [0.25, 0.3) is 5.91 Å². The summed E-state index contributed by atoms with van der Waals surface area (Å²) in [5.74, 6) is 1.02. The van der Waals surface area contributed by atoms with E-state index in [1.807, 2.05) is 56.3 Å². The summed E-state index contributed by atoms with van der Waals surface area (Å²) in [4.78, 5) is 24.1. The molecule has 0 fully saturated rings. The highest BCUT2D eigenvalue weighted by Gasteiger charge is 2.16. The molecule has 30 heavy (non-hydrogen) atoms. The predicted octanol–water partition coefficient (Wildman–Crippen LogP) is 3.29. The molecular formula is C23H25NO6. The van der Waals surface area contributed by atoms with Crippen LogP contribution in [0.4, 0.5) is 0 Å². The number of nitrogens with one attached hydrogen (secondary N) is 1. The topological polar surface area (TPSA) is 83.1 Å². The molecule has 0 saturated carbocycles. The molecule has 0 unspecified atom stereocenters. The summed E-state index contributed by atoms with van der Waals surface area (Å²) in [6, 6.07) is 12.6. The molecule has 0 aliphatic carbocycles. The standard InChI is InChI=1S/C23H25NO6/c1-3-27-19-7-5-4-6-17(19)9-11-23(26)30-15-22(25)24-16(2)18-8-10-20-21(14-18)29-13-12-28-20/h4-11,14,16H,3,12-13,15H2,1-2H3,(H,24,25)/b11-9+/t16-/m0/s1. The lowest BCUT2D eigenvalue weighted by molar-refractivity contribution is -0.144. The van der Waals surface area contributed by atoms with Crippen molar-refractivity contribution in [3.63, 3.8) is 0 Å². The van der Waals surface area contributed by atoms with E-state index in [1.54, 1.807) is 6.08 Å². The molecule has 3 rings (SSSR count). The molecule has 158 valence electrons. The monoisotopic (exact) mass is 411 g/mol. The van der Waals surface area contributed by atoms with E-state index >= 15 is 0 Å². The molecule has 1 N–H and O–H groups in total. The second-order valence-electron chi connectivity index (χ2n) is 6.60. The maximum Gasteiger partial charge on any atom is 0.331 e. The minimum atomic E-state index is -0.608. The number of ether oxygens (including phenoxy) is 4. The Hall–Kier alpha value is -3.48. The second-order valence-corrected chi connectivity index (χ2v) is 6.60. The number of amides is 1. The Balaban J connectivity index is 1.49. The van der Waals surface area contributed by atoms with Crippen LogP contribution in [0.15, 0.2) is 48.5 Å². The van der Waals surface area contributed by atoms with Gasteiger partial charge in [-0.2, -0.15) is 0 Å². The number of hydrogen-bond donors (Lipinski definition) is 1. The summed E-state index contributed by atoms with van der Waals surface area (Å²) in [5.41, 5.74) is 1.62. The Bertz CT molecular complexity index is 924. The van der Waals surface area contributed by atoms with Crippen LogP contribution in [0.2, 0.25) is 0 Å². The Kier molecular flexibility index (Phi) is 7.32. The first-order valence-electron chi connectivity index (χ1n) is 9.82. The highest BCUT2D eigenvalue weighted by Crippen LogP contribution is 2.32. The van der Waals surface area contributed by atoms with E-state index in [-0.39, 0.29) is 12.6 Å².